The third-order valence-corrected chi connectivity index (χ3v) is 3.43. The number of halogens is 3. The summed E-state index contributed by atoms with van der Waals surface area (Å²) in [5.74, 6) is 0. The molecular weight excluding hydrogens is 291 g/mol. The van der Waals surface area contributed by atoms with Crippen molar-refractivity contribution in [2.45, 2.75) is 11.1 Å². The maximum Gasteiger partial charge on any atom is 0.418 e. The number of rotatable bonds is 3. The molecule has 1 atom stereocenters. The van der Waals surface area contributed by atoms with E-state index in [0.29, 0.717) is 6.07 Å². The minimum absolute atomic E-state index is 0.0265. The van der Waals surface area contributed by atoms with Crippen LogP contribution in [0.3, 0.4) is 0 Å². The van der Waals surface area contributed by atoms with Gasteiger partial charge in [0, 0.05) is 22.0 Å². The van der Waals surface area contributed by atoms with Gasteiger partial charge >= 0.3 is 6.18 Å². The number of anilines is 1. The summed E-state index contributed by atoms with van der Waals surface area (Å²) in [6, 6.07) is 2.79. The second-order valence-electron chi connectivity index (χ2n) is 3.53. The molecule has 1 unspecified atom stereocenters. The highest BCUT2D eigenvalue weighted by molar-refractivity contribution is 7.92. The summed E-state index contributed by atoms with van der Waals surface area (Å²) < 4.78 is 73.0. The predicted octanol–water partition coefficient (Wildman–Crippen LogP) is 1.81. The molecule has 0 saturated carbocycles. The van der Waals surface area contributed by atoms with Crippen LogP contribution in [0, 0.1) is 0 Å². The van der Waals surface area contributed by atoms with Gasteiger partial charge in [0.15, 0.2) is 0 Å². The lowest BCUT2D eigenvalue weighted by Gasteiger charge is -2.14. The highest BCUT2D eigenvalue weighted by Gasteiger charge is 2.34. The molecule has 1 aromatic rings. The van der Waals surface area contributed by atoms with Gasteiger partial charge < -0.3 is 0 Å². The van der Waals surface area contributed by atoms with Gasteiger partial charge in [0.05, 0.1) is 17.5 Å². The van der Waals surface area contributed by atoms with Crippen LogP contribution in [-0.2, 0) is 27.0 Å². The van der Waals surface area contributed by atoms with Gasteiger partial charge in [0.1, 0.15) is 0 Å². The van der Waals surface area contributed by atoms with Gasteiger partial charge in [-0.15, -0.1) is 0 Å². The zero-order valence-corrected chi connectivity index (χ0v) is 11.0. The molecule has 0 aliphatic carbocycles. The average molecular weight is 301 g/mol. The Morgan fingerprint density at radius 1 is 1.28 bits per heavy atom. The normalized spacial score (nSPS) is 14.3. The zero-order valence-electron chi connectivity index (χ0n) is 9.41. The van der Waals surface area contributed by atoms with Gasteiger partial charge in [-0.3, -0.25) is 8.93 Å². The van der Waals surface area contributed by atoms with Gasteiger partial charge in [-0.25, -0.2) is 8.42 Å². The maximum atomic E-state index is 12.7. The SMILES string of the molecule is CS(=O)c1ccc(NS(C)(=O)=O)c(C(F)(F)F)c1. The molecule has 1 aromatic carbocycles. The van der Waals surface area contributed by atoms with Gasteiger partial charge in [-0.2, -0.15) is 13.2 Å². The summed E-state index contributed by atoms with van der Waals surface area (Å²) >= 11 is 0. The van der Waals surface area contributed by atoms with Gasteiger partial charge in [0.25, 0.3) is 0 Å². The molecule has 0 aliphatic rings. The lowest BCUT2D eigenvalue weighted by Crippen LogP contribution is -2.16. The van der Waals surface area contributed by atoms with Crippen molar-refractivity contribution in [1.29, 1.82) is 0 Å². The molecule has 0 saturated heterocycles. The molecule has 0 fully saturated rings. The number of benzene rings is 1. The highest BCUT2D eigenvalue weighted by atomic mass is 32.2. The first-order valence-corrected chi connectivity index (χ1v) is 7.98. The molecule has 0 aromatic heterocycles. The first-order chi connectivity index (χ1) is 8.00. The third-order valence-electron chi connectivity index (χ3n) is 1.92. The fraction of sp³-hybridized carbons (Fsp3) is 0.333. The summed E-state index contributed by atoms with van der Waals surface area (Å²) in [7, 11) is -5.40. The standard InChI is InChI=1S/C9H10F3NO3S2/c1-17(14)6-3-4-8(13-18(2,15)16)7(5-6)9(10,11)12/h3-5,13H,1-2H3. The Bertz CT molecular complexity index is 581. The third kappa shape index (κ3) is 3.98. The Labute approximate surface area is 105 Å². The van der Waals surface area contributed by atoms with Crippen LogP contribution in [-0.4, -0.2) is 25.1 Å². The van der Waals surface area contributed by atoms with Gasteiger partial charge in [0.2, 0.25) is 10.0 Å². The van der Waals surface area contributed by atoms with Crippen molar-refractivity contribution in [1.82, 2.24) is 0 Å². The van der Waals surface area contributed by atoms with Crippen molar-refractivity contribution in [2.24, 2.45) is 0 Å². The number of hydrogen-bond acceptors (Lipinski definition) is 3. The molecule has 4 nitrogen and oxygen atoms in total. The van der Waals surface area contributed by atoms with Crippen LogP contribution in [0.15, 0.2) is 23.1 Å². The van der Waals surface area contributed by atoms with Crippen molar-refractivity contribution >= 4 is 26.5 Å². The molecule has 0 bridgehead atoms. The maximum absolute atomic E-state index is 12.7. The second kappa shape index (κ2) is 4.88. The van der Waals surface area contributed by atoms with E-state index in [2.05, 4.69) is 0 Å². The van der Waals surface area contributed by atoms with Gasteiger partial charge in [-0.1, -0.05) is 0 Å². The van der Waals surface area contributed by atoms with E-state index in [1.165, 1.54) is 12.3 Å². The Kier molecular flexibility index (Phi) is 4.06. The van der Waals surface area contributed by atoms with Crippen molar-refractivity contribution in [2.75, 3.05) is 17.2 Å². The fourth-order valence-electron chi connectivity index (χ4n) is 1.23. The number of nitrogens with one attached hydrogen (secondary N) is 1. The highest BCUT2D eigenvalue weighted by Crippen LogP contribution is 2.36. The van der Waals surface area contributed by atoms with Crippen LogP contribution < -0.4 is 4.72 Å². The largest absolute Gasteiger partial charge is 0.418 e. The molecular formula is C9H10F3NO3S2. The molecule has 18 heavy (non-hydrogen) atoms. The average Bonchev–Trinajstić information content (AvgIpc) is 2.13. The van der Waals surface area contributed by atoms with E-state index >= 15 is 0 Å². The van der Waals surface area contributed by atoms with Crippen LogP contribution in [0.4, 0.5) is 18.9 Å². The molecule has 102 valence electrons. The van der Waals surface area contributed by atoms with Crippen LogP contribution in [0.5, 0.6) is 0 Å². The Hall–Kier alpha value is -1.09. The molecule has 1 N–H and O–H groups in total. The lowest BCUT2D eigenvalue weighted by atomic mass is 10.2. The Morgan fingerprint density at radius 2 is 1.83 bits per heavy atom. The van der Waals surface area contributed by atoms with E-state index in [4.69, 9.17) is 0 Å². The summed E-state index contributed by atoms with van der Waals surface area (Å²) in [6.07, 6.45) is -2.75. The number of alkyl halides is 3. The molecule has 0 amide bonds. The zero-order chi connectivity index (χ0) is 14.1. The molecule has 1 rings (SSSR count). The first-order valence-electron chi connectivity index (χ1n) is 4.53. The van der Waals surface area contributed by atoms with Crippen LogP contribution in [0.25, 0.3) is 0 Å². The van der Waals surface area contributed by atoms with Crippen LogP contribution >= 0.6 is 0 Å². The van der Waals surface area contributed by atoms with E-state index in [1.807, 2.05) is 0 Å². The van der Waals surface area contributed by atoms with Crippen LogP contribution in [0.2, 0.25) is 0 Å². The van der Waals surface area contributed by atoms with E-state index in [0.717, 1.165) is 12.3 Å². The summed E-state index contributed by atoms with van der Waals surface area (Å²) in [5, 5.41) is 0. The summed E-state index contributed by atoms with van der Waals surface area (Å²) in [4.78, 5) is -0.0265. The number of sulfonamides is 1. The molecule has 0 radical (unpaired) electrons. The van der Waals surface area contributed by atoms with Crippen LogP contribution in [0.1, 0.15) is 5.56 Å². The van der Waals surface area contributed by atoms with E-state index < -0.39 is 38.2 Å². The monoisotopic (exact) mass is 301 g/mol. The molecule has 0 heterocycles. The van der Waals surface area contributed by atoms with Gasteiger partial charge in [-0.05, 0) is 18.2 Å². The van der Waals surface area contributed by atoms with E-state index in [1.54, 1.807) is 4.72 Å². The minimum atomic E-state index is -4.73. The Morgan fingerprint density at radius 3 is 2.22 bits per heavy atom. The van der Waals surface area contributed by atoms with Crippen molar-refractivity contribution in [3.63, 3.8) is 0 Å². The van der Waals surface area contributed by atoms with E-state index in [-0.39, 0.29) is 4.90 Å². The predicted molar refractivity (Wildman–Crippen MR) is 62.2 cm³/mol. The first kappa shape index (κ1) is 15.0. The minimum Gasteiger partial charge on any atom is -0.283 e. The smallest absolute Gasteiger partial charge is 0.283 e. The fourth-order valence-corrected chi connectivity index (χ4v) is 2.35. The van der Waals surface area contributed by atoms with Crippen molar-refractivity contribution in [3.05, 3.63) is 23.8 Å². The summed E-state index contributed by atoms with van der Waals surface area (Å²) in [6.45, 7) is 0. The quantitative estimate of drug-likeness (QED) is 0.926. The number of hydrogen-bond donors (Lipinski definition) is 1. The molecule has 0 aliphatic heterocycles. The van der Waals surface area contributed by atoms with Crippen molar-refractivity contribution in [3.8, 4) is 0 Å². The molecule has 9 heteroatoms. The lowest BCUT2D eigenvalue weighted by molar-refractivity contribution is -0.137. The molecule has 0 spiro atoms. The topological polar surface area (TPSA) is 63.2 Å². The Balaban J connectivity index is 3.39. The summed E-state index contributed by atoms with van der Waals surface area (Å²) in [5.41, 5.74) is -1.75. The van der Waals surface area contributed by atoms with E-state index in [9.17, 15) is 25.8 Å². The van der Waals surface area contributed by atoms with Crippen molar-refractivity contribution < 1.29 is 25.8 Å². The second-order valence-corrected chi connectivity index (χ2v) is 6.66.